The van der Waals surface area contributed by atoms with Crippen LogP contribution in [0.3, 0.4) is 0 Å². The number of nitrogens with zero attached hydrogens (tertiary/aromatic N) is 5. The SMILES string of the molecule is C.C.C.CC(=O)Nc1ccc(-c2cnc(-c3ccc(N)cc3)s2)c(S(=O)(=O)NC(C)(C)C)c1.CC(=O)Nc1ccc(-c2cnc(-c3ccc(NC(=O)OC(C)C)cc3)s2)c(S(=O)(=O)NC(C)(C)C)c1.CC(=O)Nc1ccc(C)c(S(=O)(=O)NC(C)(C)C)c1.CC(C)OC(=O)Cl.Nc1ccc(-c2ncc(Br)s2)cc1.O=[N+]([O-])c1ccc(-c2ncc(Br)s2)cc1. The maximum absolute atomic E-state index is 13.3. The number of non-ortho nitro benzene ring substituents is 1. The fourth-order valence-corrected chi connectivity index (χ4v) is 19.7. The van der Waals surface area contributed by atoms with Crippen LogP contribution in [0.1, 0.15) is 139 Å². The Hall–Kier alpha value is -9.81. The molecule has 123 heavy (non-hydrogen) atoms. The first-order valence-corrected chi connectivity index (χ1v) is 45.8. The second-order valence-electron chi connectivity index (χ2n) is 29.6. The summed E-state index contributed by atoms with van der Waals surface area (Å²) in [7, 11) is -11.4. The Kier molecular flexibility index (Phi) is 41.3. The molecule has 4 aromatic heterocycles. The Labute approximate surface area is 758 Å². The second kappa shape index (κ2) is 47.3. The molecule has 0 bridgehead atoms. The molecule has 11 rings (SSSR count). The molecule has 0 fully saturated rings. The van der Waals surface area contributed by atoms with Gasteiger partial charge in [-0.1, -0.05) is 40.5 Å². The molecule has 0 aliphatic rings. The van der Waals surface area contributed by atoms with Crippen LogP contribution >= 0.6 is 88.8 Å². The number of thiazole rings is 4. The average molecular weight is 1970 g/mol. The molecule has 0 saturated heterocycles. The minimum atomic E-state index is -3.91. The Morgan fingerprint density at radius 3 is 1.02 bits per heavy atom. The Morgan fingerprint density at radius 1 is 0.439 bits per heavy atom. The van der Waals surface area contributed by atoms with E-state index in [9.17, 15) is 59.3 Å². The number of nitro groups is 1. The third-order valence-corrected chi connectivity index (χ3v) is 25.3. The van der Waals surface area contributed by atoms with E-state index in [0.29, 0.717) is 59.9 Å². The molecule has 11 N–H and O–H groups in total. The van der Waals surface area contributed by atoms with E-state index in [0.717, 1.165) is 50.5 Å². The average Bonchev–Trinajstić information content (AvgIpc) is 1.69. The Bertz CT molecular complexity index is 5760. The molecule has 0 unspecified atom stereocenters. The summed E-state index contributed by atoms with van der Waals surface area (Å²) < 4.78 is 96.8. The van der Waals surface area contributed by atoms with Gasteiger partial charge in [0.15, 0.2) is 0 Å². The van der Waals surface area contributed by atoms with E-state index in [1.165, 1.54) is 85.1 Å². The fourth-order valence-electron chi connectivity index (χ4n) is 10.1. The molecule has 0 radical (unpaired) electrons. The summed E-state index contributed by atoms with van der Waals surface area (Å²) in [4.78, 5) is 84.6. The van der Waals surface area contributed by atoms with Crippen molar-refractivity contribution < 1.29 is 63.6 Å². The molecular formula is C84H105Br2ClN14O15S7. The predicted octanol–water partition coefficient (Wildman–Crippen LogP) is 21.9. The molecule has 0 atom stereocenters. The summed E-state index contributed by atoms with van der Waals surface area (Å²) in [5.41, 5.74) is 17.3. The van der Waals surface area contributed by atoms with Gasteiger partial charge in [0.1, 0.15) is 20.0 Å². The zero-order chi connectivity index (χ0) is 89.6. The lowest BCUT2D eigenvalue weighted by atomic mass is 10.1. The number of aryl methyl sites for hydroxylation is 1. The highest BCUT2D eigenvalue weighted by molar-refractivity contribution is 9.11. The summed E-state index contributed by atoms with van der Waals surface area (Å²) >= 11 is 17.3. The number of benzene rings is 7. The van der Waals surface area contributed by atoms with E-state index in [2.05, 4.69) is 92.0 Å². The number of carbonyl (C=O) groups excluding carboxylic acids is 5. The van der Waals surface area contributed by atoms with Gasteiger partial charge in [-0.05, 0) is 256 Å². The first kappa shape index (κ1) is 107. The van der Waals surface area contributed by atoms with Gasteiger partial charge >= 0.3 is 11.5 Å². The van der Waals surface area contributed by atoms with Gasteiger partial charge in [-0.3, -0.25) is 29.8 Å². The van der Waals surface area contributed by atoms with E-state index in [-0.39, 0.29) is 72.6 Å². The first-order chi connectivity index (χ1) is 55.7. The van der Waals surface area contributed by atoms with Crippen molar-refractivity contribution in [3.05, 3.63) is 200 Å². The number of hydrogen-bond donors (Lipinski definition) is 9. The second-order valence-corrected chi connectivity index (χ2v) is 41.8. The van der Waals surface area contributed by atoms with Crippen molar-refractivity contribution in [2.75, 3.05) is 32.7 Å². The number of hydrogen-bond acceptors (Lipinski definition) is 25. The number of nitrogens with two attached hydrogens (primary N) is 2. The van der Waals surface area contributed by atoms with Gasteiger partial charge in [-0.15, -0.1) is 45.3 Å². The lowest BCUT2D eigenvalue weighted by Crippen LogP contribution is -2.40. The van der Waals surface area contributed by atoms with Crippen LogP contribution in [0.25, 0.3) is 63.2 Å². The molecule has 0 aliphatic heterocycles. The van der Waals surface area contributed by atoms with Gasteiger partial charge in [-0.25, -0.2) is 68.9 Å². The number of aromatic nitrogens is 4. The highest BCUT2D eigenvalue weighted by Crippen LogP contribution is 2.40. The van der Waals surface area contributed by atoms with Gasteiger partial charge in [-0.2, -0.15) is 0 Å². The number of amides is 4. The maximum atomic E-state index is 13.3. The number of halogens is 3. The van der Waals surface area contributed by atoms with Crippen LogP contribution in [0, 0.1) is 17.0 Å². The molecule has 664 valence electrons. The van der Waals surface area contributed by atoms with Gasteiger partial charge in [0.2, 0.25) is 47.8 Å². The molecule has 11 aromatic rings. The largest absolute Gasteiger partial charge is 0.451 e. The number of anilines is 6. The zero-order valence-corrected chi connectivity index (χ0v) is 78.0. The number of nitrogens with one attached hydrogen (secondary N) is 7. The van der Waals surface area contributed by atoms with Crippen LogP contribution in [0.2, 0.25) is 0 Å². The van der Waals surface area contributed by atoms with E-state index >= 15 is 0 Å². The fraction of sp³-hybridized carbons (Fsp3) is 0.298. The normalized spacial score (nSPS) is 11.1. The van der Waals surface area contributed by atoms with Crippen molar-refractivity contribution in [1.29, 1.82) is 0 Å². The molecule has 0 aliphatic carbocycles. The molecule has 7 aromatic carbocycles. The Morgan fingerprint density at radius 2 is 0.732 bits per heavy atom. The van der Waals surface area contributed by atoms with Crippen LogP contribution in [0.5, 0.6) is 0 Å². The first-order valence-electron chi connectivity index (χ1n) is 36.1. The van der Waals surface area contributed by atoms with E-state index in [4.69, 9.17) is 27.8 Å². The lowest BCUT2D eigenvalue weighted by Gasteiger charge is -2.22. The predicted molar refractivity (Wildman–Crippen MR) is 509 cm³/mol. The standard InChI is InChI=1S/C25H30N4O5S2.C21H24N4O3S2.C13H20N2O3S.C9H5BrN2O2S.C9H7BrN2S.C4H7ClO2.3CH4/c1-15(2)34-24(31)28-18-9-7-17(8-10-18)23-26-14-21(35-23)20-12-11-19(27-16(3)30)13-22(20)36(32,33)29-25(4,5)6;1-13(26)24-16-9-10-17(19(11-16)30(27,28)25-21(2,3)4)18-12-23-20(29-18)14-5-7-15(22)8-6-14;1-9-6-7-11(14-10(2)16)8-12(9)19(17,18)15-13(3,4)5;10-8-5-11-9(15-8)6-1-3-7(4-2-6)12(13)14;10-8-5-12-9(13-8)6-1-3-7(11)4-2-6;1-3(2)7-4(5)6;;;/h7-15,29H,1-6H3,(H,27,30)(H,28,31);5-12,25H,22H2,1-4H3,(H,24,26);6-8,15H,1-5H3,(H,14,16);1-5H;1-5H,11H2;3H,1-2H3;3*1H4. The summed E-state index contributed by atoms with van der Waals surface area (Å²) in [5.74, 6) is -0.820. The lowest BCUT2D eigenvalue weighted by molar-refractivity contribution is -0.384. The summed E-state index contributed by atoms with van der Waals surface area (Å²) in [6.07, 6.45) is 5.92. The third-order valence-electron chi connectivity index (χ3n) is 14.5. The number of sulfonamides is 3. The molecule has 4 heterocycles. The van der Waals surface area contributed by atoms with Crippen LogP contribution in [-0.2, 0) is 53.9 Å². The number of nitro benzene ring substituents is 1. The van der Waals surface area contributed by atoms with Crippen molar-refractivity contribution in [2.24, 2.45) is 0 Å². The van der Waals surface area contributed by atoms with Crippen LogP contribution in [0.15, 0.2) is 199 Å². The Balaban J connectivity index is 0.000000403. The molecule has 0 saturated carbocycles. The molecule has 0 spiro atoms. The van der Waals surface area contributed by atoms with Crippen LogP contribution in [0.4, 0.5) is 49.4 Å². The molecule has 29 nitrogen and oxygen atoms in total. The highest BCUT2D eigenvalue weighted by Gasteiger charge is 2.30. The summed E-state index contributed by atoms with van der Waals surface area (Å²) in [6.45, 7) is 28.8. The van der Waals surface area contributed by atoms with Gasteiger partial charge in [0.25, 0.3) is 5.69 Å². The highest BCUT2D eigenvalue weighted by atomic mass is 79.9. The monoisotopic (exact) mass is 1970 g/mol. The van der Waals surface area contributed by atoms with Gasteiger partial charge in [0, 0.05) is 141 Å². The number of ether oxygens (including phenoxy) is 2. The topological polar surface area (TPSA) is 437 Å². The number of rotatable bonds is 19. The van der Waals surface area contributed by atoms with Crippen LogP contribution < -0.4 is 46.9 Å². The van der Waals surface area contributed by atoms with Crippen molar-refractivity contribution in [3.63, 3.8) is 0 Å². The minimum absolute atomic E-state index is 0. The van der Waals surface area contributed by atoms with Crippen molar-refractivity contribution >= 4 is 188 Å². The summed E-state index contributed by atoms with van der Waals surface area (Å²) in [5, 5.41) is 24.2. The summed E-state index contributed by atoms with van der Waals surface area (Å²) in [6, 6.07) is 42.9. The van der Waals surface area contributed by atoms with Gasteiger partial charge in [0.05, 0.1) is 61.5 Å². The zero-order valence-electron chi connectivity index (χ0n) is 68.4. The number of carbonyl (C=O) groups is 5. The van der Waals surface area contributed by atoms with E-state index in [1.807, 2.05) is 48.5 Å². The third kappa shape index (κ3) is 36.5. The van der Waals surface area contributed by atoms with Crippen molar-refractivity contribution in [1.82, 2.24) is 34.1 Å². The van der Waals surface area contributed by atoms with E-state index < -0.39 is 63.1 Å². The maximum Gasteiger partial charge on any atom is 0.411 e. The van der Waals surface area contributed by atoms with Gasteiger partial charge < -0.3 is 36.9 Å². The van der Waals surface area contributed by atoms with Crippen molar-refractivity contribution in [3.8, 4) is 63.2 Å². The smallest absolute Gasteiger partial charge is 0.411 e. The molecular weight excluding hydrogens is 1860 g/mol. The van der Waals surface area contributed by atoms with Crippen LogP contribution in [-0.4, -0.2) is 108 Å². The number of nitrogen functional groups attached to an aromatic ring is 2. The van der Waals surface area contributed by atoms with Crippen molar-refractivity contribution in [2.45, 2.75) is 183 Å². The van der Waals surface area contributed by atoms with E-state index in [1.54, 1.807) is 206 Å². The quantitative estimate of drug-likeness (QED) is 0.0157. The molecule has 39 heteroatoms. The minimum Gasteiger partial charge on any atom is -0.451 e. The molecule has 4 amide bonds.